The number of methoxy groups -OCH3 is 1. The molecule has 0 fully saturated rings. The summed E-state index contributed by atoms with van der Waals surface area (Å²) in [5, 5.41) is 6.33. The molecule has 8 heteroatoms. The van der Waals surface area contributed by atoms with Gasteiger partial charge in [-0.1, -0.05) is 29.4 Å². The average molecular weight is 298 g/mol. The molecule has 1 rings (SSSR count). The summed E-state index contributed by atoms with van der Waals surface area (Å²) in [6.45, 7) is 0.733. The molecular weight excluding hydrogens is 282 g/mol. The highest BCUT2D eigenvalue weighted by molar-refractivity contribution is 5.77. The Balaban J connectivity index is 2.72. The van der Waals surface area contributed by atoms with E-state index in [4.69, 9.17) is 10.3 Å². The standard InChI is InChI=1S/C13H16F2N4O2/c1-21-13(20)11(17-7-2-8-18-19-16)9-3-5-10(6-4-9)12(14)15/h3-6,11-12,17H,2,7-8H2,1H3. The maximum atomic E-state index is 12.5. The van der Waals surface area contributed by atoms with Crippen LogP contribution in [0.4, 0.5) is 8.78 Å². The predicted octanol–water partition coefficient (Wildman–Crippen LogP) is 3.13. The van der Waals surface area contributed by atoms with Crippen LogP contribution in [-0.2, 0) is 9.53 Å². The molecule has 0 saturated heterocycles. The van der Waals surface area contributed by atoms with Crippen LogP contribution in [0.5, 0.6) is 0 Å². The fraction of sp³-hybridized carbons (Fsp3) is 0.462. The minimum Gasteiger partial charge on any atom is -0.468 e. The molecule has 0 aliphatic heterocycles. The van der Waals surface area contributed by atoms with Crippen molar-refractivity contribution in [2.45, 2.75) is 18.9 Å². The highest BCUT2D eigenvalue weighted by Gasteiger charge is 2.21. The summed E-state index contributed by atoms with van der Waals surface area (Å²) >= 11 is 0. The van der Waals surface area contributed by atoms with Gasteiger partial charge in [-0.05, 0) is 24.1 Å². The molecule has 1 unspecified atom stereocenters. The zero-order valence-corrected chi connectivity index (χ0v) is 11.5. The van der Waals surface area contributed by atoms with Crippen molar-refractivity contribution in [1.29, 1.82) is 0 Å². The van der Waals surface area contributed by atoms with E-state index >= 15 is 0 Å². The van der Waals surface area contributed by atoms with Crippen LogP contribution in [0.25, 0.3) is 10.4 Å². The van der Waals surface area contributed by atoms with Crippen molar-refractivity contribution in [3.63, 3.8) is 0 Å². The fourth-order valence-corrected chi connectivity index (χ4v) is 1.73. The van der Waals surface area contributed by atoms with Gasteiger partial charge in [-0.3, -0.25) is 0 Å². The Morgan fingerprint density at radius 1 is 1.38 bits per heavy atom. The first kappa shape index (κ1) is 16.9. The van der Waals surface area contributed by atoms with E-state index in [-0.39, 0.29) is 5.56 Å². The number of nitrogens with zero attached hydrogens (tertiary/aromatic N) is 3. The first-order chi connectivity index (χ1) is 10.1. The summed E-state index contributed by atoms with van der Waals surface area (Å²) in [5.41, 5.74) is 8.58. The summed E-state index contributed by atoms with van der Waals surface area (Å²) in [4.78, 5) is 14.4. The third-order valence-corrected chi connectivity index (χ3v) is 2.81. The minimum atomic E-state index is -2.55. The minimum absolute atomic E-state index is 0.106. The molecule has 0 radical (unpaired) electrons. The van der Waals surface area contributed by atoms with E-state index in [0.717, 1.165) is 0 Å². The van der Waals surface area contributed by atoms with Gasteiger partial charge in [-0.2, -0.15) is 0 Å². The lowest BCUT2D eigenvalue weighted by molar-refractivity contribution is -0.143. The second-order valence-electron chi connectivity index (χ2n) is 4.19. The lowest BCUT2D eigenvalue weighted by Gasteiger charge is -2.17. The third-order valence-electron chi connectivity index (χ3n) is 2.81. The van der Waals surface area contributed by atoms with Gasteiger partial charge in [0.2, 0.25) is 0 Å². The fourth-order valence-electron chi connectivity index (χ4n) is 1.73. The van der Waals surface area contributed by atoms with Gasteiger partial charge >= 0.3 is 5.97 Å². The van der Waals surface area contributed by atoms with Gasteiger partial charge in [0.05, 0.1) is 7.11 Å². The molecule has 0 saturated carbocycles. The number of rotatable bonds is 8. The van der Waals surface area contributed by atoms with Crippen molar-refractivity contribution in [3.05, 3.63) is 45.8 Å². The van der Waals surface area contributed by atoms with E-state index < -0.39 is 18.4 Å². The van der Waals surface area contributed by atoms with Crippen LogP contribution in [0, 0.1) is 0 Å². The molecule has 0 heterocycles. The van der Waals surface area contributed by atoms with Crippen LogP contribution < -0.4 is 5.32 Å². The zero-order chi connectivity index (χ0) is 15.7. The Morgan fingerprint density at radius 2 is 2.00 bits per heavy atom. The van der Waals surface area contributed by atoms with Gasteiger partial charge in [0.1, 0.15) is 6.04 Å². The largest absolute Gasteiger partial charge is 0.468 e. The van der Waals surface area contributed by atoms with Crippen LogP contribution in [0.3, 0.4) is 0 Å². The topological polar surface area (TPSA) is 87.1 Å². The number of carbonyl (C=O) groups excluding carboxylic acids is 1. The highest BCUT2D eigenvalue weighted by Crippen LogP contribution is 2.22. The van der Waals surface area contributed by atoms with Crippen molar-refractivity contribution >= 4 is 5.97 Å². The van der Waals surface area contributed by atoms with Crippen molar-refractivity contribution in [1.82, 2.24) is 5.32 Å². The van der Waals surface area contributed by atoms with Gasteiger partial charge in [0.25, 0.3) is 6.43 Å². The lowest BCUT2D eigenvalue weighted by atomic mass is 10.0. The number of nitrogens with one attached hydrogen (secondary N) is 1. The van der Waals surface area contributed by atoms with Gasteiger partial charge in [0.15, 0.2) is 0 Å². The van der Waals surface area contributed by atoms with Crippen LogP contribution in [0.1, 0.15) is 30.0 Å². The molecule has 0 aliphatic carbocycles. The van der Waals surface area contributed by atoms with Crippen molar-refractivity contribution < 1.29 is 18.3 Å². The van der Waals surface area contributed by atoms with Crippen LogP contribution >= 0.6 is 0 Å². The Morgan fingerprint density at radius 3 is 2.52 bits per heavy atom. The summed E-state index contributed by atoms with van der Waals surface area (Å²) in [6.07, 6.45) is -2.00. The molecule has 6 nitrogen and oxygen atoms in total. The molecule has 1 aromatic rings. The number of hydrogen-bond acceptors (Lipinski definition) is 4. The Labute approximate surface area is 120 Å². The Hall–Kier alpha value is -2.18. The van der Waals surface area contributed by atoms with Crippen molar-refractivity contribution in [2.24, 2.45) is 5.11 Å². The molecule has 0 bridgehead atoms. The number of benzene rings is 1. The molecule has 0 spiro atoms. The number of azide groups is 1. The molecule has 0 aliphatic rings. The van der Waals surface area contributed by atoms with E-state index in [1.165, 1.54) is 31.4 Å². The second kappa shape index (κ2) is 8.89. The van der Waals surface area contributed by atoms with Gasteiger partial charge in [-0.25, -0.2) is 13.6 Å². The summed E-state index contributed by atoms with van der Waals surface area (Å²) in [7, 11) is 1.25. The zero-order valence-electron chi connectivity index (χ0n) is 11.5. The molecular formula is C13H16F2N4O2. The molecule has 114 valence electrons. The predicted molar refractivity (Wildman–Crippen MR) is 72.8 cm³/mol. The van der Waals surface area contributed by atoms with Crippen molar-refractivity contribution in [3.8, 4) is 0 Å². The number of carbonyl (C=O) groups is 1. The first-order valence-corrected chi connectivity index (χ1v) is 6.30. The normalized spacial score (nSPS) is 11.8. The third kappa shape index (κ3) is 5.37. The van der Waals surface area contributed by atoms with Gasteiger partial charge in [0, 0.05) is 17.0 Å². The SMILES string of the molecule is COC(=O)C(NCCCN=[N+]=[N-])c1ccc(C(F)F)cc1. The molecule has 1 N–H and O–H groups in total. The summed E-state index contributed by atoms with van der Waals surface area (Å²) in [6, 6.07) is 4.73. The molecule has 1 atom stereocenters. The Kier molecular flexibility index (Phi) is 7.14. The Bertz CT molecular complexity index is 501. The number of halogens is 2. The maximum absolute atomic E-state index is 12.5. The number of alkyl halides is 2. The molecule has 1 aromatic carbocycles. The lowest BCUT2D eigenvalue weighted by Crippen LogP contribution is -2.30. The maximum Gasteiger partial charge on any atom is 0.327 e. The van der Waals surface area contributed by atoms with Crippen LogP contribution in [0.15, 0.2) is 29.4 Å². The number of ether oxygens (including phenoxy) is 1. The van der Waals surface area contributed by atoms with E-state index in [9.17, 15) is 13.6 Å². The van der Waals surface area contributed by atoms with E-state index in [1.807, 2.05) is 0 Å². The van der Waals surface area contributed by atoms with Crippen molar-refractivity contribution in [2.75, 3.05) is 20.2 Å². The van der Waals surface area contributed by atoms with E-state index in [2.05, 4.69) is 15.3 Å². The average Bonchev–Trinajstić information content (AvgIpc) is 2.50. The quantitative estimate of drug-likeness (QED) is 0.263. The number of hydrogen-bond donors (Lipinski definition) is 1. The van der Waals surface area contributed by atoms with Gasteiger partial charge < -0.3 is 10.1 Å². The summed E-state index contributed by atoms with van der Waals surface area (Å²) in [5.74, 6) is -0.511. The number of esters is 1. The smallest absolute Gasteiger partial charge is 0.327 e. The van der Waals surface area contributed by atoms with Gasteiger partial charge in [-0.15, -0.1) is 0 Å². The summed E-state index contributed by atoms with van der Waals surface area (Å²) < 4.78 is 29.7. The van der Waals surface area contributed by atoms with Crippen LogP contribution in [0.2, 0.25) is 0 Å². The molecule has 0 amide bonds. The second-order valence-corrected chi connectivity index (χ2v) is 4.19. The van der Waals surface area contributed by atoms with E-state index in [0.29, 0.717) is 25.1 Å². The first-order valence-electron chi connectivity index (χ1n) is 6.30. The molecule has 21 heavy (non-hydrogen) atoms. The molecule has 0 aromatic heterocycles. The monoisotopic (exact) mass is 298 g/mol. The van der Waals surface area contributed by atoms with E-state index in [1.54, 1.807) is 0 Å². The van der Waals surface area contributed by atoms with Crippen LogP contribution in [-0.4, -0.2) is 26.2 Å². The highest BCUT2D eigenvalue weighted by atomic mass is 19.3.